The van der Waals surface area contributed by atoms with E-state index >= 15 is 0 Å². The van der Waals surface area contributed by atoms with Gasteiger partial charge in [0.15, 0.2) is 0 Å². The summed E-state index contributed by atoms with van der Waals surface area (Å²) in [5.74, 6) is 0. The highest BCUT2D eigenvalue weighted by molar-refractivity contribution is 9.10. The SMILES string of the molecule is Clc1ccccc1Sc1cc(Br)ncn1. The second-order valence-electron chi connectivity index (χ2n) is 2.71. The molecule has 0 saturated carbocycles. The van der Waals surface area contributed by atoms with Crippen LogP contribution in [0.3, 0.4) is 0 Å². The highest BCUT2D eigenvalue weighted by atomic mass is 79.9. The van der Waals surface area contributed by atoms with Crippen LogP contribution in [0.25, 0.3) is 0 Å². The monoisotopic (exact) mass is 300 g/mol. The predicted molar refractivity (Wildman–Crippen MR) is 65.3 cm³/mol. The molecule has 15 heavy (non-hydrogen) atoms. The number of hydrogen-bond donors (Lipinski definition) is 0. The molecule has 0 fully saturated rings. The summed E-state index contributed by atoms with van der Waals surface area (Å²) in [5.41, 5.74) is 0. The first-order valence-electron chi connectivity index (χ1n) is 4.15. The molecule has 0 aliphatic rings. The molecule has 0 unspecified atom stereocenters. The number of nitrogens with zero attached hydrogens (tertiary/aromatic N) is 2. The Morgan fingerprint density at radius 2 is 2.00 bits per heavy atom. The van der Waals surface area contributed by atoms with Crippen molar-refractivity contribution >= 4 is 39.3 Å². The van der Waals surface area contributed by atoms with Gasteiger partial charge in [-0.05, 0) is 28.1 Å². The minimum absolute atomic E-state index is 0.734. The Kier molecular flexibility index (Phi) is 3.61. The number of hydrogen-bond acceptors (Lipinski definition) is 3. The van der Waals surface area contributed by atoms with Gasteiger partial charge in [-0.2, -0.15) is 0 Å². The number of halogens is 2. The molecule has 0 aliphatic heterocycles. The Labute approximate surface area is 105 Å². The summed E-state index contributed by atoms with van der Waals surface area (Å²) in [6.07, 6.45) is 1.52. The Morgan fingerprint density at radius 3 is 2.73 bits per heavy atom. The van der Waals surface area contributed by atoms with Crippen LogP contribution in [0.15, 0.2) is 51.2 Å². The standard InChI is InChI=1S/C10H6BrClN2S/c11-9-5-10(14-6-13-9)15-8-4-2-1-3-7(8)12/h1-6H. The summed E-state index contributed by atoms with van der Waals surface area (Å²) >= 11 is 10.8. The zero-order chi connectivity index (χ0) is 10.7. The van der Waals surface area contributed by atoms with Gasteiger partial charge in [0.05, 0.1) is 5.02 Å². The van der Waals surface area contributed by atoms with E-state index in [9.17, 15) is 0 Å². The molecule has 2 nitrogen and oxygen atoms in total. The second-order valence-corrected chi connectivity index (χ2v) is 4.99. The Balaban J connectivity index is 2.26. The molecule has 1 aromatic carbocycles. The van der Waals surface area contributed by atoms with Crippen molar-refractivity contribution in [3.05, 3.63) is 46.3 Å². The van der Waals surface area contributed by atoms with E-state index in [1.165, 1.54) is 18.1 Å². The summed E-state index contributed by atoms with van der Waals surface area (Å²) in [6, 6.07) is 9.53. The minimum Gasteiger partial charge on any atom is -0.230 e. The van der Waals surface area contributed by atoms with Gasteiger partial charge >= 0.3 is 0 Å². The van der Waals surface area contributed by atoms with Crippen molar-refractivity contribution in [2.45, 2.75) is 9.92 Å². The summed E-state index contributed by atoms with van der Waals surface area (Å²) in [6.45, 7) is 0. The van der Waals surface area contributed by atoms with Crippen molar-refractivity contribution < 1.29 is 0 Å². The van der Waals surface area contributed by atoms with E-state index in [0.717, 1.165) is 19.5 Å². The lowest BCUT2D eigenvalue weighted by Gasteiger charge is -2.02. The molecule has 0 radical (unpaired) electrons. The van der Waals surface area contributed by atoms with Crippen molar-refractivity contribution in [3.63, 3.8) is 0 Å². The molecule has 0 bridgehead atoms. The first kappa shape index (κ1) is 10.9. The van der Waals surface area contributed by atoms with E-state index in [-0.39, 0.29) is 0 Å². The minimum atomic E-state index is 0.734. The molecular formula is C10H6BrClN2S. The third-order valence-electron chi connectivity index (χ3n) is 1.66. The Bertz CT molecular complexity index is 478. The van der Waals surface area contributed by atoms with E-state index in [0.29, 0.717) is 0 Å². The molecule has 0 saturated heterocycles. The molecular weight excluding hydrogens is 296 g/mol. The zero-order valence-corrected chi connectivity index (χ0v) is 10.7. The summed E-state index contributed by atoms with van der Waals surface area (Å²) in [7, 11) is 0. The van der Waals surface area contributed by atoms with Gasteiger partial charge < -0.3 is 0 Å². The van der Waals surface area contributed by atoms with E-state index < -0.39 is 0 Å². The lowest BCUT2D eigenvalue weighted by molar-refractivity contribution is 1.03. The Hall–Kier alpha value is -0.580. The van der Waals surface area contributed by atoms with Crippen molar-refractivity contribution in [3.8, 4) is 0 Å². The van der Waals surface area contributed by atoms with E-state index in [1.54, 1.807) is 0 Å². The molecule has 2 rings (SSSR count). The van der Waals surface area contributed by atoms with Gasteiger partial charge in [-0.25, -0.2) is 9.97 Å². The summed E-state index contributed by atoms with van der Waals surface area (Å²) < 4.78 is 0.770. The maximum absolute atomic E-state index is 6.04. The van der Waals surface area contributed by atoms with Crippen LogP contribution in [0.1, 0.15) is 0 Å². The van der Waals surface area contributed by atoms with Gasteiger partial charge in [-0.3, -0.25) is 0 Å². The fourth-order valence-electron chi connectivity index (χ4n) is 1.01. The van der Waals surface area contributed by atoms with Crippen molar-refractivity contribution in [1.29, 1.82) is 0 Å². The van der Waals surface area contributed by atoms with Crippen LogP contribution in [-0.4, -0.2) is 9.97 Å². The molecule has 5 heteroatoms. The average Bonchev–Trinajstić information content (AvgIpc) is 2.22. The van der Waals surface area contributed by atoms with Gasteiger partial charge in [0.1, 0.15) is 16.0 Å². The third-order valence-corrected chi connectivity index (χ3v) is 3.54. The van der Waals surface area contributed by atoms with Gasteiger partial charge in [0.2, 0.25) is 0 Å². The third kappa shape index (κ3) is 2.93. The largest absolute Gasteiger partial charge is 0.230 e. The van der Waals surface area contributed by atoms with Crippen LogP contribution in [0, 0.1) is 0 Å². The fraction of sp³-hybridized carbons (Fsp3) is 0. The normalized spacial score (nSPS) is 10.3. The molecule has 76 valence electrons. The van der Waals surface area contributed by atoms with Gasteiger partial charge in [0, 0.05) is 11.0 Å². The summed E-state index contributed by atoms with van der Waals surface area (Å²) in [5, 5.41) is 1.60. The number of rotatable bonds is 2. The second kappa shape index (κ2) is 4.96. The summed E-state index contributed by atoms with van der Waals surface area (Å²) in [4.78, 5) is 9.09. The fourth-order valence-corrected chi connectivity index (χ4v) is 2.53. The zero-order valence-electron chi connectivity index (χ0n) is 7.52. The molecule has 2 aromatic rings. The molecule has 0 amide bonds. The van der Waals surface area contributed by atoms with Crippen LogP contribution in [0.2, 0.25) is 5.02 Å². The van der Waals surface area contributed by atoms with Gasteiger partial charge in [-0.15, -0.1) is 0 Å². The topological polar surface area (TPSA) is 25.8 Å². The maximum Gasteiger partial charge on any atom is 0.118 e. The molecule has 0 atom stereocenters. The van der Waals surface area contributed by atoms with Crippen molar-refractivity contribution in [2.24, 2.45) is 0 Å². The lowest BCUT2D eigenvalue weighted by Crippen LogP contribution is -1.83. The van der Waals surface area contributed by atoms with Crippen LogP contribution in [0.4, 0.5) is 0 Å². The lowest BCUT2D eigenvalue weighted by atomic mass is 10.4. The molecule has 1 aromatic heterocycles. The van der Waals surface area contributed by atoms with Crippen molar-refractivity contribution in [2.75, 3.05) is 0 Å². The average molecular weight is 302 g/mol. The highest BCUT2D eigenvalue weighted by Gasteiger charge is 2.03. The Morgan fingerprint density at radius 1 is 1.20 bits per heavy atom. The smallest absolute Gasteiger partial charge is 0.118 e. The van der Waals surface area contributed by atoms with Gasteiger partial charge in [-0.1, -0.05) is 35.5 Å². The number of aromatic nitrogens is 2. The first-order valence-corrected chi connectivity index (χ1v) is 6.14. The first-order chi connectivity index (χ1) is 7.25. The highest BCUT2D eigenvalue weighted by Crippen LogP contribution is 2.32. The van der Waals surface area contributed by atoms with Crippen LogP contribution < -0.4 is 0 Å². The van der Waals surface area contributed by atoms with E-state index in [1.807, 2.05) is 30.3 Å². The van der Waals surface area contributed by atoms with Crippen LogP contribution >= 0.6 is 39.3 Å². The predicted octanol–water partition coefficient (Wildman–Crippen LogP) is 4.04. The maximum atomic E-state index is 6.04. The number of benzene rings is 1. The van der Waals surface area contributed by atoms with Crippen LogP contribution in [-0.2, 0) is 0 Å². The quantitative estimate of drug-likeness (QED) is 0.783. The van der Waals surface area contributed by atoms with Crippen LogP contribution in [0.5, 0.6) is 0 Å². The molecule has 0 spiro atoms. The van der Waals surface area contributed by atoms with E-state index in [4.69, 9.17) is 11.6 Å². The molecule has 1 heterocycles. The van der Waals surface area contributed by atoms with Gasteiger partial charge in [0.25, 0.3) is 0 Å². The van der Waals surface area contributed by atoms with Crippen molar-refractivity contribution in [1.82, 2.24) is 9.97 Å². The molecule has 0 N–H and O–H groups in total. The van der Waals surface area contributed by atoms with E-state index in [2.05, 4.69) is 25.9 Å². The molecule has 0 aliphatic carbocycles.